The van der Waals surface area contributed by atoms with Crippen LogP contribution in [0.15, 0.2) is 28.7 Å². The first-order valence-electron chi connectivity index (χ1n) is 9.41. The minimum atomic E-state index is 0.337. The van der Waals surface area contributed by atoms with E-state index in [-0.39, 0.29) is 0 Å². The zero-order valence-electron chi connectivity index (χ0n) is 16.4. The van der Waals surface area contributed by atoms with Crippen molar-refractivity contribution in [2.24, 2.45) is 16.0 Å². The van der Waals surface area contributed by atoms with Crippen molar-refractivity contribution in [3.63, 3.8) is 0 Å². The van der Waals surface area contributed by atoms with E-state index in [4.69, 9.17) is 19.9 Å². The van der Waals surface area contributed by atoms with Gasteiger partial charge in [0, 0.05) is 19.0 Å². The summed E-state index contributed by atoms with van der Waals surface area (Å²) in [5.41, 5.74) is 7.81. The Hall–Kier alpha value is -2.88. The van der Waals surface area contributed by atoms with E-state index in [1.54, 1.807) is 20.3 Å². The van der Waals surface area contributed by atoms with Gasteiger partial charge in [-0.15, -0.1) is 0 Å². The minimum absolute atomic E-state index is 0.337. The second-order valence-electron chi connectivity index (χ2n) is 6.87. The molecule has 1 aromatic carbocycles. The van der Waals surface area contributed by atoms with E-state index >= 15 is 0 Å². The van der Waals surface area contributed by atoms with E-state index < -0.39 is 0 Å². The maximum absolute atomic E-state index is 6.16. The molecule has 29 heavy (non-hydrogen) atoms. The molecule has 0 aliphatic carbocycles. The van der Waals surface area contributed by atoms with Gasteiger partial charge >= 0.3 is 0 Å². The zero-order chi connectivity index (χ0) is 20.2. The van der Waals surface area contributed by atoms with Crippen LogP contribution in [0.25, 0.3) is 0 Å². The number of hydrogen-bond acceptors (Lipinski definition) is 10. The average Bonchev–Trinajstić information content (AvgIpc) is 2.77. The molecule has 154 valence electrons. The molecule has 0 saturated carbocycles. The van der Waals surface area contributed by atoms with Gasteiger partial charge in [0.15, 0.2) is 0 Å². The molecule has 4 rings (SSSR count). The van der Waals surface area contributed by atoms with Crippen molar-refractivity contribution >= 4 is 29.6 Å². The van der Waals surface area contributed by atoms with Crippen LogP contribution in [0.3, 0.4) is 0 Å². The number of nitrogens with two attached hydrogens (primary N) is 1. The van der Waals surface area contributed by atoms with E-state index in [1.807, 2.05) is 18.2 Å². The maximum atomic E-state index is 6.16. The van der Waals surface area contributed by atoms with Crippen LogP contribution in [0.2, 0.25) is 0 Å². The summed E-state index contributed by atoms with van der Waals surface area (Å²) in [6.45, 7) is 2.26. The molecule has 3 heterocycles. The second-order valence-corrected chi connectivity index (χ2v) is 7.44. The first-order chi connectivity index (χ1) is 14.2. The Morgan fingerprint density at radius 2 is 2.03 bits per heavy atom. The minimum Gasteiger partial charge on any atom is -0.492 e. The number of piperidine rings is 1. The van der Waals surface area contributed by atoms with E-state index in [0.717, 1.165) is 42.9 Å². The smallest absolute Gasteiger partial charge is 0.231 e. The maximum Gasteiger partial charge on any atom is 0.231 e. The number of hydrogen-bond donors (Lipinski definition) is 2. The summed E-state index contributed by atoms with van der Waals surface area (Å²) in [5, 5.41) is 0. The number of amidine groups is 1. The first-order valence-corrected chi connectivity index (χ1v) is 10.2. The van der Waals surface area contributed by atoms with Gasteiger partial charge in [-0.25, -0.2) is 0 Å². The molecule has 2 aliphatic rings. The quantitative estimate of drug-likeness (QED) is 0.687. The highest BCUT2D eigenvalue weighted by atomic mass is 32.2. The van der Waals surface area contributed by atoms with Crippen LogP contribution in [0.4, 0.5) is 11.6 Å². The van der Waals surface area contributed by atoms with Crippen LogP contribution in [0.1, 0.15) is 18.4 Å². The predicted octanol–water partition coefficient (Wildman–Crippen LogP) is 2.48. The van der Waals surface area contributed by atoms with Gasteiger partial charge in [-0.3, -0.25) is 0 Å². The molecule has 1 atom stereocenters. The van der Waals surface area contributed by atoms with Crippen molar-refractivity contribution in [2.45, 2.75) is 12.8 Å². The average molecular weight is 417 g/mol. The number of ether oxygens (including phenoxy) is 3. The lowest BCUT2D eigenvalue weighted by Gasteiger charge is -2.33. The summed E-state index contributed by atoms with van der Waals surface area (Å²) >= 11 is 1.22. The fourth-order valence-electron chi connectivity index (χ4n) is 3.50. The zero-order valence-corrected chi connectivity index (χ0v) is 17.2. The molecule has 2 aromatic rings. The van der Waals surface area contributed by atoms with Gasteiger partial charge in [0.25, 0.3) is 0 Å². The van der Waals surface area contributed by atoms with Crippen molar-refractivity contribution in [3.05, 3.63) is 29.8 Å². The van der Waals surface area contributed by atoms with E-state index in [0.29, 0.717) is 36.1 Å². The van der Waals surface area contributed by atoms with Gasteiger partial charge in [0.1, 0.15) is 11.6 Å². The molecule has 0 amide bonds. The lowest BCUT2D eigenvalue weighted by molar-refractivity contribution is 0.227. The van der Waals surface area contributed by atoms with Gasteiger partial charge in [0.2, 0.25) is 17.7 Å². The SMILES string of the molecule is COc1cc(OC)nc(N2CCCC(COc3cccc4c3C(N)=NSN4)C2)n1. The van der Waals surface area contributed by atoms with Crippen molar-refractivity contribution < 1.29 is 14.2 Å². The Morgan fingerprint density at radius 1 is 1.24 bits per heavy atom. The fraction of sp³-hybridized carbons (Fsp3) is 0.421. The Labute approximate surface area is 173 Å². The van der Waals surface area contributed by atoms with Crippen LogP contribution in [-0.4, -0.2) is 49.7 Å². The van der Waals surface area contributed by atoms with Gasteiger partial charge in [-0.05, 0) is 25.0 Å². The van der Waals surface area contributed by atoms with E-state index in [9.17, 15) is 0 Å². The standard InChI is InChI=1S/C19H24N6O3S/c1-26-15-9-16(27-2)22-19(21-15)25-8-4-5-12(10-25)11-28-14-7-3-6-13-17(14)18(20)24-29-23-13/h3,6-7,9,12,23H,4-5,8,10-11H2,1-2H3,(H2,20,24). The summed E-state index contributed by atoms with van der Waals surface area (Å²) in [4.78, 5) is 11.1. The molecule has 1 aromatic heterocycles. The number of anilines is 2. The molecule has 1 saturated heterocycles. The molecule has 0 spiro atoms. The summed E-state index contributed by atoms with van der Waals surface area (Å²) in [6, 6.07) is 7.51. The number of nitrogens with one attached hydrogen (secondary N) is 1. The summed E-state index contributed by atoms with van der Waals surface area (Å²) < 4.78 is 24.0. The second kappa shape index (κ2) is 8.64. The predicted molar refractivity (Wildman–Crippen MR) is 114 cm³/mol. The lowest BCUT2D eigenvalue weighted by atomic mass is 9.99. The molecule has 3 N–H and O–H groups in total. The third kappa shape index (κ3) is 4.26. The van der Waals surface area contributed by atoms with Gasteiger partial charge in [-0.1, -0.05) is 6.07 Å². The third-order valence-electron chi connectivity index (χ3n) is 4.94. The monoisotopic (exact) mass is 416 g/mol. The molecular formula is C19H24N6O3S. The normalized spacial score (nSPS) is 18.3. The Kier molecular flexibility index (Phi) is 5.79. The van der Waals surface area contributed by atoms with Gasteiger partial charge in [-0.2, -0.15) is 14.4 Å². The molecule has 2 aliphatic heterocycles. The van der Waals surface area contributed by atoms with Crippen molar-refractivity contribution in [2.75, 3.05) is 43.5 Å². The molecule has 0 bridgehead atoms. The molecule has 9 nitrogen and oxygen atoms in total. The number of rotatable bonds is 6. The largest absolute Gasteiger partial charge is 0.492 e. The molecule has 1 fully saturated rings. The summed E-state index contributed by atoms with van der Waals surface area (Å²) in [5.74, 6) is 3.14. The van der Waals surface area contributed by atoms with Crippen LogP contribution >= 0.6 is 12.1 Å². The van der Waals surface area contributed by atoms with Crippen molar-refractivity contribution in [1.82, 2.24) is 9.97 Å². The number of fused-ring (bicyclic) bond motifs is 1. The highest BCUT2D eigenvalue weighted by Crippen LogP contribution is 2.33. The van der Waals surface area contributed by atoms with Crippen molar-refractivity contribution in [3.8, 4) is 17.5 Å². The summed E-state index contributed by atoms with van der Waals surface area (Å²) in [7, 11) is 3.17. The first kappa shape index (κ1) is 19.4. The van der Waals surface area contributed by atoms with Crippen LogP contribution in [0.5, 0.6) is 17.5 Å². The van der Waals surface area contributed by atoms with Crippen LogP contribution in [-0.2, 0) is 0 Å². The summed E-state index contributed by atoms with van der Waals surface area (Å²) in [6.07, 6.45) is 2.11. The highest BCUT2D eigenvalue weighted by Gasteiger charge is 2.25. The number of benzene rings is 1. The van der Waals surface area contributed by atoms with Crippen LogP contribution < -0.4 is 29.6 Å². The van der Waals surface area contributed by atoms with E-state index in [2.05, 4.69) is 24.0 Å². The molecule has 1 unspecified atom stereocenters. The van der Waals surface area contributed by atoms with Crippen molar-refractivity contribution in [1.29, 1.82) is 0 Å². The third-order valence-corrected chi connectivity index (χ3v) is 5.54. The Balaban J connectivity index is 1.45. The van der Waals surface area contributed by atoms with Crippen LogP contribution in [0, 0.1) is 5.92 Å². The fourth-order valence-corrected chi connectivity index (χ4v) is 4.00. The molecular weight excluding hydrogens is 392 g/mol. The number of methoxy groups -OCH3 is 2. The van der Waals surface area contributed by atoms with Gasteiger partial charge < -0.3 is 29.6 Å². The Morgan fingerprint density at radius 3 is 2.79 bits per heavy atom. The Bertz CT molecular complexity index is 887. The highest BCUT2D eigenvalue weighted by molar-refractivity contribution is 7.99. The lowest BCUT2D eigenvalue weighted by Crippen LogP contribution is -2.39. The topological polar surface area (TPSA) is 107 Å². The molecule has 0 radical (unpaired) electrons. The van der Waals surface area contributed by atoms with Gasteiger partial charge in [0.05, 0.1) is 50.3 Å². The number of nitrogens with zero attached hydrogens (tertiary/aromatic N) is 4. The van der Waals surface area contributed by atoms with E-state index in [1.165, 1.54) is 12.1 Å². The number of aromatic nitrogens is 2. The molecule has 10 heteroatoms.